The van der Waals surface area contributed by atoms with Crippen LogP contribution in [0, 0.1) is 5.92 Å². The fraction of sp³-hybridized carbons (Fsp3) is 0.625. The Kier molecular flexibility index (Phi) is 5.39. The van der Waals surface area contributed by atoms with Gasteiger partial charge in [-0.1, -0.05) is 13.8 Å². The lowest BCUT2D eigenvalue weighted by molar-refractivity contribution is -0.122. The summed E-state index contributed by atoms with van der Waals surface area (Å²) in [5.41, 5.74) is 1.31. The highest BCUT2D eigenvalue weighted by atomic mass is 32.1. The lowest BCUT2D eigenvalue weighted by Gasteiger charge is -2.16. The molecule has 0 fully saturated rings. The Morgan fingerprint density at radius 1 is 1.48 bits per heavy atom. The Morgan fingerprint density at radius 2 is 2.24 bits per heavy atom. The van der Waals surface area contributed by atoms with E-state index in [2.05, 4.69) is 17.6 Å². The quantitative estimate of drug-likeness (QED) is 0.878. The lowest BCUT2D eigenvalue weighted by Crippen LogP contribution is -2.44. The van der Waals surface area contributed by atoms with Crippen LogP contribution in [0.3, 0.4) is 0 Å². The number of amides is 2. The van der Waals surface area contributed by atoms with E-state index in [0.29, 0.717) is 12.5 Å². The van der Waals surface area contributed by atoms with Gasteiger partial charge in [0.2, 0.25) is 5.91 Å². The van der Waals surface area contributed by atoms with Gasteiger partial charge in [0.1, 0.15) is 6.04 Å². The summed E-state index contributed by atoms with van der Waals surface area (Å²) in [6, 6.07) is 1.50. The molecule has 116 valence electrons. The third-order valence-electron chi connectivity index (χ3n) is 3.84. The SMILES string of the molecule is CCCNC(=O)[C@@H](C)NC(=O)c1cc2c(s1)CC[C@H](C)C2. The van der Waals surface area contributed by atoms with E-state index in [9.17, 15) is 9.59 Å². The summed E-state index contributed by atoms with van der Waals surface area (Å²) in [6.45, 7) is 6.61. The second-order valence-corrected chi connectivity index (χ2v) is 7.03. The zero-order valence-electron chi connectivity index (χ0n) is 13.0. The number of fused-ring (bicyclic) bond motifs is 1. The average Bonchev–Trinajstić information content (AvgIpc) is 2.87. The standard InChI is InChI=1S/C16H24N2O2S/c1-4-7-17-15(19)11(3)18-16(20)14-9-12-8-10(2)5-6-13(12)21-14/h9-11H,4-8H2,1-3H3,(H,17,19)(H,18,20)/t10-,11+/m0/s1. The van der Waals surface area contributed by atoms with Gasteiger partial charge in [-0.3, -0.25) is 9.59 Å². The minimum Gasteiger partial charge on any atom is -0.354 e. The molecular formula is C16H24N2O2S. The van der Waals surface area contributed by atoms with Gasteiger partial charge in [0, 0.05) is 11.4 Å². The molecule has 0 aliphatic heterocycles. The topological polar surface area (TPSA) is 58.2 Å². The molecule has 5 heteroatoms. The maximum atomic E-state index is 12.3. The molecule has 1 aromatic rings. The first-order chi connectivity index (χ1) is 10.0. The van der Waals surface area contributed by atoms with E-state index in [1.54, 1.807) is 18.3 Å². The predicted molar refractivity (Wildman–Crippen MR) is 85.7 cm³/mol. The summed E-state index contributed by atoms with van der Waals surface area (Å²) in [4.78, 5) is 26.1. The summed E-state index contributed by atoms with van der Waals surface area (Å²) in [5, 5.41) is 5.58. The molecule has 0 spiro atoms. The zero-order chi connectivity index (χ0) is 15.4. The molecule has 0 aromatic carbocycles. The maximum Gasteiger partial charge on any atom is 0.262 e. The maximum absolute atomic E-state index is 12.3. The van der Waals surface area contributed by atoms with Crippen molar-refractivity contribution < 1.29 is 9.59 Å². The molecule has 21 heavy (non-hydrogen) atoms. The van der Waals surface area contributed by atoms with Crippen LogP contribution >= 0.6 is 11.3 Å². The van der Waals surface area contributed by atoms with Gasteiger partial charge in [-0.25, -0.2) is 0 Å². The fourth-order valence-corrected chi connectivity index (χ4v) is 3.66. The van der Waals surface area contributed by atoms with Crippen molar-refractivity contribution in [1.82, 2.24) is 10.6 Å². The van der Waals surface area contributed by atoms with E-state index >= 15 is 0 Å². The molecule has 2 rings (SSSR count). The summed E-state index contributed by atoms with van der Waals surface area (Å²) < 4.78 is 0. The molecule has 1 aromatic heterocycles. The largest absolute Gasteiger partial charge is 0.354 e. The molecule has 0 bridgehead atoms. The van der Waals surface area contributed by atoms with Gasteiger partial charge in [-0.2, -0.15) is 0 Å². The third kappa shape index (κ3) is 4.06. The molecule has 2 amide bonds. The molecule has 0 unspecified atom stereocenters. The van der Waals surface area contributed by atoms with Crippen molar-refractivity contribution >= 4 is 23.2 Å². The summed E-state index contributed by atoms with van der Waals surface area (Å²) >= 11 is 1.57. The highest BCUT2D eigenvalue weighted by Gasteiger charge is 2.22. The number of thiophene rings is 1. The molecule has 0 saturated carbocycles. The Labute approximate surface area is 130 Å². The third-order valence-corrected chi connectivity index (χ3v) is 5.08. The van der Waals surface area contributed by atoms with Crippen LogP contribution in [0.2, 0.25) is 0 Å². The number of carbonyl (C=O) groups is 2. The monoisotopic (exact) mass is 308 g/mol. The first kappa shape index (κ1) is 16.0. The summed E-state index contributed by atoms with van der Waals surface area (Å²) in [5.74, 6) is 0.433. The van der Waals surface area contributed by atoms with Gasteiger partial charge < -0.3 is 10.6 Å². The second-order valence-electron chi connectivity index (χ2n) is 5.89. The van der Waals surface area contributed by atoms with Crippen LogP contribution in [0.1, 0.15) is 53.7 Å². The van der Waals surface area contributed by atoms with Crippen LogP contribution < -0.4 is 10.6 Å². The normalized spacial score (nSPS) is 18.7. The number of hydrogen-bond acceptors (Lipinski definition) is 3. The average molecular weight is 308 g/mol. The van der Waals surface area contributed by atoms with E-state index in [0.717, 1.165) is 24.1 Å². The fourth-order valence-electron chi connectivity index (χ4n) is 2.55. The van der Waals surface area contributed by atoms with Gasteiger partial charge in [0.15, 0.2) is 0 Å². The van der Waals surface area contributed by atoms with Gasteiger partial charge in [0.25, 0.3) is 5.91 Å². The molecule has 2 N–H and O–H groups in total. The first-order valence-corrected chi connectivity index (χ1v) is 8.53. The van der Waals surface area contributed by atoms with Crippen molar-refractivity contribution in [3.8, 4) is 0 Å². The Balaban J connectivity index is 1.96. The van der Waals surface area contributed by atoms with Crippen LogP contribution in [-0.2, 0) is 17.6 Å². The van der Waals surface area contributed by atoms with Crippen LogP contribution in [-0.4, -0.2) is 24.4 Å². The van der Waals surface area contributed by atoms with E-state index < -0.39 is 6.04 Å². The Bertz CT molecular complexity index is 524. The molecule has 2 atom stereocenters. The number of nitrogens with one attached hydrogen (secondary N) is 2. The lowest BCUT2D eigenvalue weighted by atomic mass is 9.90. The highest BCUT2D eigenvalue weighted by molar-refractivity contribution is 7.14. The minimum absolute atomic E-state index is 0.125. The summed E-state index contributed by atoms with van der Waals surface area (Å²) in [6.07, 6.45) is 4.22. The molecule has 1 aliphatic rings. The van der Waals surface area contributed by atoms with Crippen LogP contribution in [0.25, 0.3) is 0 Å². The number of rotatable bonds is 5. The van der Waals surface area contributed by atoms with Gasteiger partial charge >= 0.3 is 0 Å². The molecule has 1 aliphatic carbocycles. The number of carbonyl (C=O) groups excluding carboxylic acids is 2. The first-order valence-electron chi connectivity index (χ1n) is 7.71. The second kappa shape index (κ2) is 7.07. The molecule has 4 nitrogen and oxygen atoms in total. The highest BCUT2D eigenvalue weighted by Crippen LogP contribution is 2.32. The van der Waals surface area contributed by atoms with Crippen molar-refractivity contribution in [3.05, 3.63) is 21.4 Å². The van der Waals surface area contributed by atoms with E-state index in [-0.39, 0.29) is 11.8 Å². The molecule has 0 saturated heterocycles. The smallest absolute Gasteiger partial charge is 0.262 e. The van der Waals surface area contributed by atoms with E-state index in [1.807, 2.05) is 13.0 Å². The summed E-state index contributed by atoms with van der Waals surface area (Å²) in [7, 11) is 0. The molecule has 0 radical (unpaired) electrons. The Hall–Kier alpha value is -1.36. The van der Waals surface area contributed by atoms with Crippen LogP contribution in [0.4, 0.5) is 0 Å². The van der Waals surface area contributed by atoms with Crippen molar-refractivity contribution in [2.45, 2.75) is 52.5 Å². The van der Waals surface area contributed by atoms with Crippen molar-refractivity contribution in [2.75, 3.05) is 6.54 Å². The molecular weight excluding hydrogens is 284 g/mol. The minimum atomic E-state index is -0.498. The van der Waals surface area contributed by atoms with E-state index in [4.69, 9.17) is 0 Å². The van der Waals surface area contributed by atoms with Crippen molar-refractivity contribution in [2.24, 2.45) is 5.92 Å². The van der Waals surface area contributed by atoms with E-state index in [1.165, 1.54) is 16.9 Å². The molecule has 1 heterocycles. The number of hydrogen-bond donors (Lipinski definition) is 2. The predicted octanol–water partition coefficient (Wildman–Crippen LogP) is 2.52. The van der Waals surface area contributed by atoms with Crippen molar-refractivity contribution in [3.63, 3.8) is 0 Å². The van der Waals surface area contributed by atoms with Crippen LogP contribution in [0.15, 0.2) is 6.07 Å². The Morgan fingerprint density at radius 3 is 2.95 bits per heavy atom. The van der Waals surface area contributed by atoms with Gasteiger partial charge in [-0.05, 0) is 50.2 Å². The number of aryl methyl sites for hydroxylation is 1. The van der Waals surface area contributed by atoms with Gasteiger partial charge in [-0.15, -0.1) is 11.3 Å². The zero-order valence-corrected chi connectivity index (χ0v) is 13.8. The van der Waals surface area contributed by atoms with Crippen molar-refractivity contribution in [1.29, 1.82) is 0 Å². The van der Waals surface area contributed by atoms with Crippen LogP contribution in [0.5, 0.6) is 0 Å². The van der Waals surface area contributed by atoms with Gasteiger partial charge in [0.05, 0.1) is 4.88 Å².